The standard InChI is InChI=1S/C22H26N8O/c1-14-13-21(30-19(24-14)10-11-23-30)25-17-4-6-18(7-5-17)29-22(31)9-8-20(27-29)28-16(3)12-15(2)26-28/h8-13,17-18,25H,4-7H2,1-3H3. The third-order valence-corrected chi connectivity index (χ3v) is 5.92. The van der Waals surface area contributed by atoms with Crippen molar-refractivity contribution >= 4 is 11.5 Å². The molecule has 0 atom stereocenters. The Labute approximate surface area is 179 Å². The third-order valence-electron chi connectivity index (χ3n) is 5.92. The van der Waals surface area contributed by atoms with E-state index >= 15 is 0 Å². The van der Waals surface area contributed by atoms with Crippen molar-refractivity contribution in [2.45, 2.75) is 58.5 Å². The van der Waals surface area contributed by atoms with Gasteiger partial charge in [0.25, 0.3) is 5.56 Å². The smallest absolute Gasteiger partial charge is 0.267 e. The van der Waals surface area contributed by atoms with Crippen LogP contribution in [0.2, 0.25) is 0 Å². The zero-order chi connectivity index (χ0) is 21.5. The largest absolute Gasteiger partial charge is 0.367 e. The van der Waals surface area contributed by atoms with Gasteiger partial charge in [0.05, 0.1) is 17.9 Å². The van der Waals surface area contributed by atoms with Gasteiger partial charge in [-0.1, -0.05) is 0 Å². The topological polar surface area (TPSA) is 94.9 Å². The number of nitrogens with zero attached hydrogens (tertiary/aromatic N) is 7. The van der Waals surface area contributed by atoms with E-state index in [4.69, 9.17) is 0 Å². The molecule has 4 heterocycles. The van der Waals surface area contributed by atoms with E-state index in [1.807, 2.05) is 43.5 Å². The Bertz CT molecular complexity index is 1290. The first-order chi connectivity index (χ1) is 15.0. The maximum atomic E-state index is 12.6. The van der Waals surface area contributed by atoms with Crippen LogP contribution in [0.15, 0.2) is 41.3 Å². The van der Waals surface area contributed by atoms with Crippen LogP contribution in [0.4, 0.5) is 5.82 Å². The molecule has 0 aromatic carbocycles. The molecule has 1 fully saturated rings. The van der Waals surface area contributed by atoms with Crippen molar-refractivity contribution in [3.63, 3.8) is 0 Å². The SMILES string of the molecule is Cc1cc(NC2CCC(n3nc(-n4nc(C)cc4C)ccc3=O)CC2)n2nccc2n1. The molecule has 9 heteroatoms. The molecule has 1 N–H and O–H groups in total. The number of nitrogens with one attached hydrogen (secondary N) is 1. The summed E-state index contributed by atoms with van der Waals surface area (Å²) < 4.78 is 5.27. The molecule has 0 bridgehead atoms. The second-order valence-corrected chi connectivity index (χ2v) is 8.35. The van der Waals surface area contributed by atoms with Crippen LogP contribution in [0.25, 0.3) is 11.5 Å². The van der Waals surface area contributed by atoms with Crippen molar-refractivity contribution in [2.75, 3.05) is 5.32 Å². The van der Waals surface area contributed by atoms with Crippen LogP contribution < -0.4 is 10.9 Å². The van der Waals surface area contributed by atoms with Gasteiger partial charge in [-0.2, -0.15) is 14.7 Å². The van der Waals surface area contributed by atoms with E-state index in [-0.39, 0.29) is 11.6 Å². The minimum Gasteiger partial charge on any atom is -0.367 e. The van der Waals surface area contributed by atoms with Gasteiger partial charge in [-0.3, -0.25) is 4.79 Å². The zero-order valence-corrected chi connectivity index (χ0v) is 18.0. The lowest BCUT2D eigenvalue weighted by Gasteiger charge is -2.30. The Kier molecular flexibility index (Phi) is 4.80. The summed E-state index contributed by atoms with van der Waals surface area (Å²) in [4.78, 5) is 17.1. The quantitative estimate of drug-likeness (QED) is 0.547. The van der Waals surface area contributed by atoms with Gasteiger partial charge in [-0.25, -0.2) is 14.3 Å². The highest BCUT2D eigenvalue weighted by atomic mass is 16.1. The number of rotatable bonds is 4. The molecular weight excluding hydrogens is 392 g/mol. The third kappa shape index (κ3) is 3.71. The summed E-state index contributed by atoms with van der Waals surface area (Å²) in [5.41, 5.74) is 3.67. The summed E-state index contributed by atoms with van der Waals surface area (Å²) in [5.74, 6) is 1.64. The number of anilines is 1. The number of aryl methyl sites for hydroxylation is 3. The molecule has 1 aliphatic rings. The summed E-state index contributed by atoms with van der Waals surface area (Å²) in [6.07, 6.45) is 5.44. The predicted octanol–water partition coefficient (Wildman–Crippen LogP) is 2.99. The lowest BCUT2D eigenvalue weighted by molar-refractivity contribution is 0.302. The molecule has 4 aromatic heterocycles. The minimum atomic E-state index is -0.0651. The molecule has 160 valence electrons. The monoisotopic (exact) mass is 418 g/mol. The van der Waals surface area contributed by atoms with E-state index in [9.17, 15) is 4.79 Å². The highest BCUT2D eigenvalue weighted by molar-refractivity contribution is 5.49. The van der Waals surface area contributed by atoms with E-state index in [1.54, 1.807) is 27.7 Å². The zero-order valence-electron chi connectivity index (χ0n) is 18.0. The van der Waals surface area contributed by atoms with Gasteiger partial charge in [0.1, 0.15) is 5.82 Å². The number of fused-ring (bicyclic) bond motifs is 1. The van der Waals surface area contributed by atoms with Crippen molar-refractivity contribution < 1.29 is 0 Å². The minimum absolute atomic E-state index is 0.0651. The van der Waals surface area contributed by atoms with E-state index in [1.165, 1.54) is 0 Å². The molecule has 31 heavy (non-hydrogen) atoms. The first kappa shape index (κ1) is 19.5. The van der Waals surface area contributed by atoms with Crippen LogP contribution in [0.5, 0.6) is 0 Å². The van der Waals surface area contributed by atoms with Gasteiger partial charge in [0.15, 0.2) is 11.5 Å². The van der Waals surface area contributed by atoms with Gasteiger partial charge in [-0.05, 0) is 58.6 Å². The van der Waals surface area contributed by atoms with Crippen LogP contribution in [-0.4, -0.2) is 40.2 Å². The summed E-state index contributed by atoms with van der Waals surface area (Å²) in [5, 5.41) is 17.2. The summed E-state index contributed by atoms with van der Waals surface area (Å²) in [7, 11) is 0. The summed E-state index contributed by atoms with van der Waals surface area (Å²) in [6, 6.07) is 9.68. The van der Waals surface area contributed by atoms with Gasteiger partial charge >= 0.3 is 0 Å². The van der Waals surface area contributed by atoms with E-state index < -0.39 is 0 Å². The Hall–Kier alpha value is -3.49. The van der Waals surface area contributed by atoms with E-state index in [0.29, 0.717) is 11.9 Å². The predicted molar refractivity (Wildman–Crippen MR) is 118 cm³/mol. The average molecular weight is 419 g/mol. The van der Waals surface area contributed by atoms with Gasteiger partial charge < -0.3 is 5.32 Å². The second-order valence-electron chi connectivity index (χ2n) is 8.35. The molecule has 1 saturated carbocycles. The molecule has 0 radical (unpaired) electrons. The van der Waals surface area contributed by atoms with Crippen LogP contribution in [-0.2, 0) is 0 Å². The second kappa shape index (κ2) is 7.64. The summed E-state index contributed by atoms with van der Waals surface area (Å²) >= 11 is 0. The first-order valence-corrected chi connectivity index (χ1v) is 10.7. The lowest BCUT2D eigenvalue weighted by atomic mass is 9.91. The fourth-order valence-corrected chi connectivity index (χ4v) is 4.47. The van der Waals surface area contributed by atoms with Crippen LogP contribution in [0, 0.1) is 20.8 Å². The molecule has 9 nitrogen and oxygen atoms in total. The maximum absolute atomic E-state index is 12.6. The number of hydrogen-bond acceptors (Lipinski definition) is 6. The van der Waals surface area contributed by atoms with E-state index in [2.05, 4.69) is 25.6 Å². The van der Waals surface area contributed by atoms with Crippen molar-refractivity contribution in [2.24, 2.45) is 0 Å². The molecule has 0 unspecified atom stereocenters. The molecular formula is C22H26N8O. The van der Waals surface area contributed by atoms with Crippen molar-refractivity contribution in [3.05, 3.63) is 64.0 Å². The van der Waals surface area contributed by atoms with Crippen LogP contribution in [0.1, 0.15) is 48.8 Å². The van der Waals surface area contributed by atoms with Gasteiger partial charge in [-0.15, -0.1) is 5.10 Å². The fourth-order valence-electron chi connectivity index (χ4n) is 4.47. The fraction of sp³-hybridized carbons (Fsp3) is 0.409. The molecule has 0 aliphatic heterocycles. The van der Waals surface area contributed by atoms with Gasteiger partial charge in [0.2, 0.25) is 0 Å². The molecule has 1 aliphatic carbocycles. The van der Waals surface area contributed by atoms with Crippen molar-refractivity contribution in [1.29, 1.82) is 0 Å². The number of hydrogen-bond donors (Lipinski definition) is 1. The normalized spacial score (nSPS) is 19.1. The van der Waals surface area contributed by atoms with Crippen LogP contribution in [0.3, 0.4) is 0 Å². The number of aromatic nitrogens is 7. The lowest BCUT2D eigenvalue weighted by Crippen LogP contribution is -2.34. The Morgan fingerprint density at radius 2 is 1.77 bits per heavy atom. The van der Waals surface area contributed by atoms with Gasteiger partial charge in [0, 0.05) is 35.6 Å². The molecule has 5 rings (SSSR count). The Morgan fingerprint density at radius 1 is 0.968 bits per heavy atom. The molecule has 0 saturated heterocycles. The van der Waals surface area contributed by atoms with Crippen LogP contribution >= 0.6 is 0 Å². The molecule has 0 spiro atoms. The Morgan fingerprint density at radius 3 is 2.52 bits per heavy atom. The highest BCUT2D eigenvalue weighted by Gasteiger charge is 2.25. The highest BCUT2D eigenvalue weighted by Crippen LogP contribution is 2.29. The summed E-state index contributed by atoms with van der Waals surface area (Å²) in [6.45, 7) is 5.93. The van der Waals surface area contributed by atoms with E-state index in [0.717, 1.165) is 54.2 Å². The average Bonchev–Trinajstić information content (AvgIpc) is 3.35. The molecule has 4 aromatic rings. The Balaban J connectivity index is 1.32. The molecule has 0 amide bonds. The first-order valence-electron chi connectivity index (χ1n) is 10.7. The maximum Gasteiger partial charge on any atom is 0.267 e. The van der Waals surface area contributed by atoms with Crippen molar-refractivity contribution in [1.82, 2.24) is 34.2 Å². The van der Waals surface area contributed by atoms with Crippen molar-refractivity contribution in [3.8, 4) is 5.82 Å².